The van der Waals surface area contributed by atoms with Crippen LogP contribution in [0.5, 0.6) is 0 Å². The largest absolute Gasteiger partial charge is 0.326 e. The summed E-state index contributed by atoms with van der Waals surface area (Å²) in [6.07, 6.45) is 9.29. The molecule has 1 fully saturated rings. The van der Waals surface area contributed by atoms with Gasteiger partial charge in [0.1, 0.15) is 0 Å². The third-order valence-electron chi connectivity index (χ3n) is 5.84. The van der Waals surface area contributed by atoms with Crippen LogP contribution < -0.4 is 5.32 Å². The van der Waals surface area contributed by atoms with Crippen LogP contribution in [0.25, 0.3) is 11.4 Å². The van der Waals surface area contributed by atoms with Gasteiger partial charge in [0.2, 0.25) is 5.91 Å². The Bertz CT molecular complexity index is 1170. The van der Waals surface area contributed by atoms with E-state index in [1.807, 2.05) is 53.5 Å². The van der Waals surface area contributed by atoms with E-state index in [0.717, 1.165) is 49.5 Å². The van der Waals surface area contributed by atoms with Crippen molar-refractivity contribution in [2.75, 3.05) is 18.4 Å². The molecule has 1 aliphatic rings. The summed E-state index contributed by atoms with van der Waals surface area (Å²) >= 11 is 0. The summed E-state index contributed by atoms with van der Waals surface area (Å²) in [5.41, 5.74) is 4.00. The van der Waals surface area contributed by atoms with E-state index in [1.54, 1.807) is 17.1 Å². The number of anilines is 1. The maximum Gasteiger partial charge on any atom is 0.228 e. The second-order valence-electron chi connectivity index (χ2n) is 8.19. The van der Waals surface area contributed by atoms with Crippen LogP contribution in [0.15, 0.2) is 85.5 Å². The number of amides is 1. The fraction of sp³-hybridized carbons (Fsp3) is 0.240. The molecule has 1 aliphatic heterocycles. The molecule has 5 rings (SSSR count). The van der Waals surface area contributed by atoms with Gasteiger partial charge in [-0.1, -0.05) is 18.2 Å². The molecule has 1 N–H and O–H groups in total. The zero-order chi connectivity index (χ0) is 21.8. The molecule has 0 radical (unpaired) electrons. The standard InChI is InChI=1S/C25H26N6O/c32-25(28-22-8-2-10-24(17-22)31-15-5-12-27-31)21-7-3-13-29(19-21)18-20-6-1-9-23(16-20)30-14-4-11-26-30/h1-2,4-6,8-12,14-17,21H,3,7,13,18-19H2,(H,28,32)/t21-/m0/s1. The average Bonchev–Trinajstić information content (AvgIpc) is 3.54. The summed E-state index contributed by atoms with van der Waals surface area (Å²) in [5.74, 6) is 0.0593. The Kier molecular flexibility index (Phi) is 5.81. The van der Waals surface area contributed by atoms with Gasteiger partial charge in [0.25, 0.3) is 0 Å². The second kappa shape index (κ2) is 9.20. The number of hydrogen-bond donors (Lipinski definition) is 1. The average molecular weight is 427 g/mol. The van der Waals surface area contributed by atoms with Crippen molar-refractivity contribution in [2.45, 2.75) is 19.4 Å². The van der Waals surface area contributed by atoms with Gasteiger partial charge >= 0.3 is 0 Å². The van der Waals surface area contributed by atoms with E-state index in [0.29, 0.717) is 0 Å². The van der Waals surface area contributed by atoms with Crippen molar-refractivity contribution in [1.82, 2.24) is 24.5 Å². The molecule has 0 aliphatic carbocycles. The van der Waals surface area contributed by atoms with Crippen molar-refractivity contribution >= 4 is 11.6 Å². The molecule has 3 heterocycles. The lowest BCUT2D eigenvalue weighted by molar-refractivity contribution is -0.121. The number of carbonyl (C=O) groups excluding carboxylic acids is 1. The molecule has 1 atom stereocenters. The summed E-state index contributed by atoms with van der Waals surface area (Å²) in [5, 5.41) is 11.7. The van der Waals surface area contributed by atoms with E-state index in [-0.39, 0.29) is 11.8 Å². The van der Waals surface area contributed by atoms with Crippen molar-refractivity contribution < 1.29 is 4.79 Å². The van der Waals surface area contributed by atoms with Crippen LogP contribution in [0, 0.1) is 5.92 Å². The molecule has 162 valence electrons. The Morgan fingerprint density at radius 1 is 0.938 bits per heavy atom. The third kappa shape index (κ3) is 4.63. The van der Waals surface area contributed by atoms with Gasteiger partial charge in [0, 0.05) is 43.6 Å². The Labute approximate surface area is 187 Å². The van der Waals surface area contributed by atoms with Gasteiger partial charge in [-0.3, -0.25) is 9.69 Å². The molecule has 0 unspecified atom stereocenters. The van der Waals surface area contributed by atoms with Gasteiger partial charge in [0.15, 0.2) is 0 Å². The smallest absolute Gasteiger partial charge is 0.228 e. The van der Waals surface area contributed by atoms with Crippen molar-refractivity contribution in [3.63, 3.8) is 0 Å². The van der Waals surface area contributed by atoms with Crippen molar-refractivity contribution in [3.05, 3.63) is 91.0 Å². The Morgan fingerprint density at radius 3 is 2.38 bits per heavy atom. The summed E-state index contributed by atoms with van der Waals surface area (Å²) < 4.78 is 3.66. The van der Waals surface area contributed by atoms with Gasteiger partial charge in [-0.05, 0) is 67.4 Å². The molecule has 1 amide bonds. The molecule has 32 heavy (non-hydrogen) atoms. The molecule has 0 bridgehead atoms. The molecule has 7 nitrogen and oxygen atoms in total. The third-order valence-corrected chi connectivity index (χ3v) is 5.84. The van der Waals surface area contributed by atoms with E-state index >= 15 is 0 Å². The van der Waals surface area contributed by atoms with Crippen LogP contribution in [-0.2, 0) is 11.3 Å². The molecule has 1 saturated heterocycles. The first-order valence-electron chi connectivity index (χ1n) is 11.0. The Morgan fingerprint density at radius 2 is 1.66 bits per heavy atom. The lowest BCUT2D eigenvalue weighted by Crippen LogP contribution is -2.40. The highest BCUT2D eigenvalue weighted by atomic mass is 16.1. The molecule has 7 heteroatoms. The van der Waals surface area contributed by atoms with Crippen LogP contribution in [0.1, 0.15) is 18.4 Å². The van der Waals surface area contributed by atoms with Gasteiger partial charge < -0.3 is 5.32 Å². The number of carbonyl (C=O) groups is 1. The fourth-order valence-electron chi connectivity index (χ4n) is 4.28. The zero-order valence-corrected chi connectivity index (χ0v) is 17.8. The molecule has 2 aromatic heterocycles. The van der Waals surface area contributed by atoms with Crippen molar-refractivity contribution in [3.8, 4) is 11.4 Å². The van der Waals surface area contributed by atoms with E-state index in [1.165, 1.54) is 5.56 Å². The number of likely N-dealkylation sites (tertiary alicyclic amines) is 1. The number of nitrogens with zero attached hydrogens (tertiary/aromatic N) is 5. The maximum absolute atomic E-state index is 13.0. The SMILES string of the molecule is O=C(Nc1cccc(-n2cccn2)c1)[C@H]1CCCN(Cc2cccc(-n3cccn3)c2)C1. The highest BCUT2D eigenvalue weighted by molar-refractivity contribution is 5.93. The topological polar surface area (TPSA) is 68.0 Å². The van der Waals surface area contributed by atoms with Crippen LogP contribution in [0.3, 0.4) is 0 Å². The molecule has 4 aromatic rings. The minimum Gasteiger partial charge on any atom is -0.326 e. The zero-order valence-electron chi connectivity index (χ0n) is 17.8. The first kappa shape index (κ1) is 20.2. The Balaban J connectivity index is 1.22. The van der Waals surface area contributed by atoms with Gasteiger partial charge in [-0.15, -0.1) is 0 Å². The van der Waals surface area contributed by atoms with Gasteiger partial charge in [-0.25, -0.2) is 9.36 Å². The van der Waals surface area contributed by atoms with Crippen molar-refractivity contribution in [1.29, 1.82) is 0 Å². The number of hydrogen-bond acceptors (Lipinski definition) is 4. The number of nitrogens with one attached hydrogen (secondary N) is 1. The van der Waals surface area contributed by atoms with Crippen LogP contribution in [-0.4, -0.2) is 43.5 Å². The molecule has 0 spiro atoms. The number of benzene rings is 2. The Hall–Kier alpha value is -3.71. The van der Waals surface area contributed by atoms with Crippen LogP contribution in [0.4, 0.5) is 5.69 Å². The number of piperidine rings is 1. The molecular weight excluding hydrogens is 400 g/mol. The lowest BCUT2D eigenvalue weighted by atomic mass is 9.96. The quantitative estimate of drug-likeness (QED) is 0.508. The van der Waals surface area contributed by atoms with E-state index in [4.69, 9.17) is 0 Å². The van der Waals surface area contributed by atoms with Gasteiger partial charge in [0.05, 0.1) is 17.3 Å². The van der Waals surface area contributed by atoms with Gasteiger partial charge in [-0.2, -0.15) is 10.2 Å². The summed E-state index contributed by atoms with van der Waals surface area (Å²) in [6.45, 7) is 2.59. The summed E-state index contributed by atoms with van der Waals surface area (Å²) in [6, 6.07) is 20.0. The minimum absolute atomic E-state index is 0.0218. The van der Waals surface area contributed by atoms with Crippen LogP contribution >= 0.6 is 0 Å². The lowest BCUT2D eigenvalue weighted by Gasteiger charge is -2.32. The molecule has 2 aromatic carbocycles. The maximum atomic E-state index is 13.0. The summed E-state index contributed by atoms with van der Waals surface area (Å²) in [7, 11) is 0. The highest BCUT2D eigenvalue weighted by Crippen LogP contribution is 2.22. The molecular formula is C25H26N6O. The number of aromatic nitrogens is 4. The minimum atomic E-state index is -0.0218. The predicted molar refractivity (Wildman–Crippen MR) is 124 cm³/mol. The first-order chi connectivity index (χ1) is 15.7. The van der Waals surface area contributed by atoms with E-state index in [9.17, 15) is 4.79 Å². The van der Waals surface area contributed by atoms with E-state index in [2.05, 4.69) is 44.7 Å². The first-order valence-corrected chi connectivity index (χ1v) is 11.0. The highest BCUT2D eigenvalue weighted by Gasteiger charge is 2.26. The van der Waals surface area contributed by atoms with Crippen molar-refractivity contribution in [2.24, 2.45) is 5.92 Å². The second-order valence-corrected chi connectivity index (χ2v) is 8.19. The predicted octanol–water partition coefficient (Wildman–Crippen LogP) is 3.91. The van der Waals surface area contributed by atoms with E-state index < -0.39 is 0 Å². The number of rotatable bonds is 6. The summed E-state index contributed by atoms with van der Waals surface area (Å²) in [4.78, 5) is 15.4. The fourth-order valence-corrected chi connectivity index (χ4v) is 4.28. The molecule has 0 saturated carbocycles. The normalized spacial score (nSPS) is 16.7. The monoisotopic (exact) mass is 426 g/mol. The van der Waals surface area contributed by atoms with Crippen LogP contribution in [0.2, 0.25) is 0 Å².